The zero-order valence-corrected chi connectivity index (χ0v) is 9.20. The summed E-state index contributed by atoms with van der Waals surface area (Å²) in [4.78, 5) is 0. The fourth-order valence-corrected chi connectivity index (χ4v) is 2.17. The smallest absolute Gasteiger partial charge is 0.120 e. The minimum absolute atomic E-state index is 0.117. The average molecular weight is 209 g/mol. The summed E-state index contributed by atoms with van der Waals surface area (Å²) in [7, 11) is 0. The highest BCUT2D eigenvalue weighted by Crippen LogP contribution is 2.19. The summed E-state index contributed by atoms with van der Waals surface area (Å²) in [6.07, 6.45) is 5.72. The Morgan fingerprint density at radius 1 is 1.53 bits per heavy atom. The van der Waals surface area contributed by atoms with E-state index in [1.807, 2.05) is 6.07 Å². The van der Waals surface area contributed by atoms with Crippen molar-refractivity contribution < 1.29 is 9.52 Å². The third kappa shape index (κ3) is 2.83. The van der Waals surface area contributed by atoms with Crippen molar-refractivity contribution in [2.45, 2.75) is 51.3 Å². The van der Waals surface area contributed by atoms with Crippen molar-refractivity contribution in [1.29, 1.82) is 0 Å². The Kier molecular flexibility index (Phi) is 3.44. The minimum atomic E-state index is -0.117. The van der Waals surface area contributed by atoms with Gasteiger partial charge in [-0.1, -0.05) is 0 Å². The van der Waals surface area contributed by atoms with E-state index in [2.05, 4.69) is 12.2 Å². The van der Waals surface area contributed by atoms with Gasteiger partial charge in [0.2, 0.25) is 0 Å². The first kappa shape index (κ1) is 10.7. The first-order valence-corrected chi connectivity index (χ1v) is 5.70. The van der Waals surface area contributed by atoms with Crippen LogP contribution in [0, 0.1) is 6.92 Å². The third-order valence-corrected chi connectivity index (χ3v) is 3.17. The topological polar surface area (TPSA) is 45.4 Å². The lowest BCUT2D eigenvalue weighted by Gasteiger charge is -2.26. The molecule has 0 amide bonds. The van der Waals surface area contributed by atoms with E-state index >= 15 is 0 Å². The van der Waals surface area contributed by atoms with Gasteiger partial charge in [0.25, 0.3) is 0 Å². The largest absolute Gasteiger partial charge is 0.468 e. The summed E-state index contributed by atoms with van der Waals surface area (Å²) in [5.74, 6) is 1.01. The van der Waals surface area contributed by atoms with E-state index in [4.69, 9.17) is 4.42 Å². The highest BCUT2D eigenvalue weighted by atomic mass is 16.3. The number of hydrogen-bond acceptors (Lipinski definition) is 3. The van der Waals surface area contributed by atoms with Crippen molar-refractivity contribution in [2.24, 2.45) is 0 Å². The van der Waals surface area contributed by atoms with E-state index in [0.717, 1.165) is 38.0 Å². The Bertz CT molecular complexity index is 308. The number of aliphatic hydroxyl groups is 1. The highest BCUT2D eigenvalue weighted by molar-refractivity contribution is 5.14. The first-order chi connectivity index (χ1) is 7.25. The number of hydrogen-bond donors (Lipinski definition) is 2. The Hall–Kier alpha value is -0.800. The molecule has 0 radical (unpaired) electrons. The summed E-state index contributed by atoms with van der Waals surface area (Å²) in [5.41, 5.74) is 1.19. The number of nitrogens with one attached hydrogen (secondary N) is 1. The van der Waals surface area contributed by atoms with Crippen molar-refractivity contribution in [1.82, 2.24) is 5.32 Å². The van der Waals surface area contributed by atoms with Gasteiger partial charge in [0, 0.05) is 6.04 Å². The van der Waals surface area contributed by atoms with Crippen LogP contribution in [0.2, 0.25) is 0 Å². The van der Waals surface area contributed by atoms with Crippen LogP contribution < -0.4 is 5.32 Å². The maximum Gasteiger partial charge on any atom is 0.120 e. The normalized spacial score (nSPS) is 26.8. The lowest BCUT2D eigenvalue weighted by Crippen LogP contribution is -2.35. The zero-order valence-electron chi connectivity index (χ0n) is 9.20. The Balaban J connectivity index is 1.80. The van der Waals surface area contributed by atoms with Crippen molar-refractivity contribution >= 4 is 0 Å². The monoisotopic (exact) mass is 209 g/mol. The maximum absolute atomic E-state index is 9.53. The van der Waals surface area contributed by atoms with Crippen molar-refractivity contribution in [2.75, 3.05) is 0 Å². The molecule has 2 atom stereocenters. The SMILES string of the molecule is Cc1ccoc1CNC1CCCC(O)C1. The second-order valence-electron chi connectivity index (χ2n) is 4.43. The van der Waals surface area contributed by atoms with Crippen molar-refractivity contribution in [3.05, 3.63) is 23.7 Å². The van der Waals surface area contributed by atoms with E-state index in [0.29, 0.717) is 6.04 Å². The molecule has 1 heterocycles. The van der Waals surface area contributed by atoms with Crippen LogP contribution in [0.15, 0.2) is 16.7 Å². The molecule has 2 rings (SSSR count). The molecule has 1 fully saturated rings. The van der Waals surface area contributed by atoms with Gasteiger partial charge in [0.1, 0.15) is 5.76 Å². The molecular weight excluding hydrogens is 190 g/mol. The fraction of sp³-hybridized carbons (Fsp3) is 0.667. The van der Waals surface area contributed by atoms with E-state index < -0.39 is 0 Å². The Labute approximate surface area is 90.5 Å². The molecule has 0 saturated heterocycles. The molecule has 2 N–H and O–H groups in total. The molecule has 0 spiro atoms. The molecule has 2 unspecified atom stereocenters. The molecule has 15 heavy (non-hydrogen) atoms. The summed E-state index contributed by atoms with van der Waals surface area (Å²) < 4.78 is 5.36. The summed E-state index contributed by atoms with van der Waals surface area (Å²) in [6, 6.07) is 2.42. The van der Waals surface area contributed by atoms with Gasteiger partial charge in [-0.15, -0.1) is 0 Å². The standard InChI is InChI=1S/C12H19NO2/c1-9-5-6-15-12(9)8-13-10-3-2-4-11(14)7-10/h5-6,10-11,13-14H,2-4,7-8H2,1H3. The van der Waals surface area contributed by atoms with Crippen molar-refractivity contribution in [3.8, 4) is 0 Å². The van der Waals surface area contributed by atoms with Crippen LogP contribution >= 0.6 is 0 Å². The molecule has 84 valence electrons. The Morgan fingerprint density at radius 3 is 3.07 bits per heavy atom. The van der Waals surface area contributed by atoms with E-state index in [9.17, 15) is 5.11 Å². The van der Waals surface area contributed by atoms with E-state index in [1.165, 1.54) is 5.56 Å². The van der Waals surface area contributed by atoms with Crippen molar-refractivity contribution in [3.63, 3.8) is 0 Å². The van der Waals surface area contributed by atoms with Gasteiger partial charge in [-0.3, -0.25) is 0 Å². The van der Waals surface area contributed by atoms with Crippen LogP contribution in [-0.4, -0.2) is 17.3 Å². The molecule has 3 heteroatoms. The van der Waals surface area contributed by atoms with Crippen LogP contribution in [0.4, 0.5) is 0 Å². The van der Waals surface area contributed by atoms with Crippen LogP contribution in [-0.2, 0) is 6.54 Å². The van der Waals surface area contributed by atoms with Gasteiger partial charge in [-0.2, -0.15) is 0 Å². The quantitative estimate of drug-likeness (QED) is 0.800. The maximum atomic E-state index is 9.53. The highest BCUT2D eigenvalue weighted by Gasteiger charge is 2.19. The molecular formula is C12H19NO2. The van der Waals surface area contributed by atoms with Crippen LogP contribution in [0.5, 0.6) is 0 Å². The molecule has 1 aliphatic carbocycles. The van der Waals surface area contributed by atoms with Gasteiger partial charge < -0.3 is 14.8 Å². The predicted molar refractivity (Wildman–Crippen MR) is 58.5 cm³/mol. The van der Waals surface area contributed by atoms with E-state index in [1.54, 1.807) is 6.26 Å². The number of rotatable bonds is 3. The van der Waals surface area contributed by atoms with Crippen LogP contribution in [0.1, 0.15) is 37.0 Å². The number of aryl methyl sites for hydroxylation is 1. The van der Waals surface area contributed by atoms with Gasteiger partial charge in [0.15, 0.2) is 0 Å². The second-order valence-corrected chi connectivity index (χ2v) is 4.43. The van der Waals surface area contributed by atoms with Gasteiger partial charge in [0.05, 0.1) is 18.9 Å². The summed E-state index contributed by atoms with van der Waals surface area (Å²) in [6.45, 7) is 2.83. The molecule has 1 aliphatic rings. The molecule has 1 aromatic rings. The van der Waals surface area contributed by atoms with Crippen LogP contribution in [0.3, 0.4) is 0 Å². The predicted octanol–water partition coefficient (Wildman–Crippen LogP) is 1.98. The number of aliphatic hydroxyl groups excluding tert-OH is 1. The fourth-order valence-electron chi connectivity index (χ4n) is 2.17. The lowest BCUT2D eigenvalue weighted by molar-refractivity contribution is 0.111. The molecule has 1 aromatic heterocycles. The van der Waals surface area contributed by atoms with Gasteiger partial charge >= 0.3 is 0 Å². The first-order valence-electron chi connectivity index (χ1n) is 5.70. The molecule has 3 nitrogen and oxygen atoms in total. The molecule has 0 aromatic carbocycles. The minimum Gasteiger partial charge on any atom is -0.468 e. The Morgan fingerprint density at radius 2 is 2.40 bits per heavy atom. The lowest BCUT2D eigenvalue weighted by atomic mass is 9.93. The third-order valence-electron chi connectivity index (χ3n) is 3.17. The van der Waals surface area contributed by atoms with E-state index in [-0.39, 0.29) is 6.10 Å². The second kappa shape index (κ2) is 4.81. The number of furan rings is 1. The van der Waals surface area contributed by atoms with Gasteiger partial charge in [-0.25, -0.2) is 0 Å². The summed E-state index contributed by atoms with van der Waals surface area (Å²) in [5, 5.41) is 13.0. The molecule has 1 saturated carbocycles. The van der Waals surface area contributed by atoms with Crippen LogP contribution in [0.25, 0.3) is 0 Å². The zero-order chi connectivity index (χ0) is 10.7. The molecule has 0 aliphatic heterocycles. The van der Waals surface area contributed by atoms with Gasteiger partial charge in [-0.05, 0) is 44.2 Å². The summed E-state index contributed by atoms with van der Waals surface area (Å²) >= 11 is 0. The average Bonchev–Trinajstić information content (AvgIpc) is 2.61. The molecule has 0 bridgehead atoms.